The van der Waals surface area contributed by atoms with Crippen molar-refractivity contribution in [2.75, 3.05) is 0 Å². The first kappa shape index (κ1) is 12.9. The zero-order valence-corrected chi connectivity index (χ0v) is 12.6. The highest BCUT2D eigenvalue weighted by atomic mass is 79.9. The lowest BCUT2D eigenvalue weighted by Gasteiger charge is -2.09. The molecule has 0 unspecified atom stereocenters. The van der Waals surface area contributed by atoms with E-state index in [1.54, 1.807) is 13.0 Å². The van der Waals surface area contributed by atoms with E-state index in [0.717, 1.165) is 4.47 Å². The Morgan fingerprint density at radius 3 is 2.33 bits per heavy atom. The number of hydrogen-bond donors (Lipinski definition) is 0. The van der Waals surface area contributed by atoms with Crippen molar-refractivity contribution < 1.29 is 9.53 Å². The van der Waals surface area contributed by atoms with Gasteiger partial charge in [-0.15, -0.1) is 0 Å². The molecule has 0 aliphatic carbocycles. The lowest BCUT2D eigenvalue weighted by atomic mass is 10.3. The fourth-order valence-electron chi connectivity index (χ4n) is 0.782. The van der Waals surface area contributed by atoms with Gasteiger partial charge in [0.25, 0.3) is 0 Å². The molecule has 2 nitrogen and oxygen atoms in total. The van der Waals surface area contributed by atoms with E-state index >= 15 is 0 Å². The van der Waals surface area contributed by atoms with Crippen LogP contribution in [0.4, 0.5) is 0 Å². The fourth-order valence-corrected chi connectivity index (χ4v) is 2.20. The van der Waals surface area contributed by atoms with E-state index in [0.29, 0.717) is 20.3 Å². The van der Waals surface area contributed by atoms with Crippen LogP contribution in [0, 0.1) is 0 Å². The largest absolute Gasteiger partial charge is 0.421 e. The molecular formula is C10H7Br3O2. The van der Waals surface area contributed by atoms with Gasteiger partial charge >= 0.3 is 5.97 Å². The van der Waals surface area contributed by atoms with Gasteiger partial charge in [-0.25, -0.2) is 4.79 Å². The van der Waals surface area contributed by atoms with Crippen LogP contribution in [0.25, 0.3) is 0 Å². The van der Waals surface area contributed by atoms with Crippen LogP contribution in [-0.2, 0) is 4.79 Å². The van der Waals surface area contributed by atoms with Gasteiger partial charge < -0.3 is 4.74 Å². The standard InChI is InChI=1S/C10H7Br3O2/c1-5(2)10(14)15-9-7(12)4-3-6(11)8(9)13/h3-4H,1H2,2H3. The van der Waals surface area contributed by atoms with Gasteiger partial charge in [0, 0.05) is 10.0 Å². The summed E-state index contributed by atoms with van der Waals surface area (Å²) in [6.07, 6.45) is 0. The van der Waals surface area contributed by atoms with Gasteiger partial charge in [0.1, 0.15) is 0 Å². The van der Waals surface area contributed by atoms with Crippen molar-refractivity contribution in [1.29, 1.82) is 0 Å². The first-order valence-electron chi connectivity index (χ1n) is 3.94. The molecular weight excluding hydrogens is 392 g/mol. The number of carbonyl (C=O) groups is 1. The van der Waals surface area contributed by atoms with Crippen molar-refractivity contribution in [3.05, 3.63) is 37.7 Å². The molecule has 0 aromatic heterocycles. The minimum Gasteiger partial charge on any atom is -0.421 e. The fraction of sp³-hybridized carbons (Fsp3) is 0.100. The predicted octanol–water partition coefficient (Wildman–Crippen LogP) is 4.46. The summed E-state index contributed by atoms with van der Waals surface area (Å²) < 4.78 is 7.36. The van der Waals surface area contributed by atoms with Gasteiger partial charge in [-0.1, -0.05) is 6.58 Å². The number of ether oxygens (including phenoxy) is 1. The second-order valence-corrected chi connectivity index (χ2v) is 5.34. The first-order valence-corrected chi connectivity index (χ1v) is 6.32. The summed E-state index contributed by atoms with van der Waals surface area (Å²) in [6.45, 7) is 5.12. The van der Waals surface area contributed by atoms with Crippen LogP contribution in [0.2, 0.25) is 0 Å². The summed E-state index contributed by atoms with van der Waals surface area (Å²) in [6, 6.07) is 3.63. The Kier molecular flexibility index (Phi) is 4.55. The molecule has 0 fully saturated rings. The van der Waals surface area contributed by atoms with Gasteiger partial charge in [-0.3, -0.25) is 0 Å². The molecule has 5 heteroatoms. The number of hydrogen-bond acceptors (Lipinski definition) is 2. The van der Waals surface area contributed by atoms with Crippen molar-refractivity contribution >= 4 is 53.8 Å². The van der Waals surface area contributed by atoms with E-state index < -0.39 is 5.97 Å². The Balaban J connectivity index is 3.09. The second kappa shape index (κ2) is 5.27. The molecule has 0 saturated carbocycles. The Bertz CT molecular complexity index is 427. The second-order valence-electron chi connectivity index (χ2n) is 2.84. The molecule has 0 heterocycles. The Hall–Kier alpha value is -0.130. The highest BCUT2D eigenvalue weighted by Gasteiger charge is 2.14. The molecule has 0 amide bonds. The number of esters is 1. The van der Waals surface area contributed by atoms with Crippen LogP contribution in [0.5, 0.6) is 5.75 Å². The van der Waals surface area contributed by atoms with E-state index in [4.69, 9.17) is 4.74 Å². The average molecular weight is 399 g/mol. The highest BCUT2D eigenvalue weighted by Crippen LogP contribution is 2.38. The lowest BCUT2D eigenvalue weighted by molar-refractivity contribution is -0.130. The molecule has 15 heavy (non-hydrogen) atoms. The third-order valence-electron chi connectivity index (χ3n) is 1.55. The minimum atomic E-state index is -0.450. The number of carbonyl (C=O) groups excluding carboxylic acids is 1. The van der Waals surface area contributed by atoms with E-state index in [1.807, 2.05) is 6.07 Å². The van der Waals surface area contributed by atoms with Crippen LogP contribution in [0.15, 0.2) is 37.7 Å². The van der Waals surface area contributed by atoms with E-state index in [2.05, 4.69) is 54.4 Å². The summed E-state index contributed by atoms with van der Waals surface area (Å²) in [5, 5.41) is 0. The smallest absolute Gasteiger partial charge is 0.338 e. The maximum absolute atomic E-state index is 11.3. The topological polar surface area (TPSA) is 26.3 Å². The Morgan fingerprint density at radius 1 is 1.27 bits per heavy atom. The molecule has 0 radical (unpaired) electrons. The van der Waals surface area contributed by atoms with Crippen LogP contribution in [-0.4, -0.2) is 5.97 Å². The summed E-state index contributed by atoms with van der Waals surface area (Å²) >= 11 is 9.95. The average Bonchev–Trinajstić information content (AvgIpc) is 2.18. The number of benzene rings is 1. The monoisotopic (exact) mass is 396 g/mol. The molecule has 0 saturated heterocycles. The third kappa shape index (κ3) is 3.16. The van der Waals surface area contributed by atoms with Gasteiger partial charge in [0.05, 0.1) is 8.95 Å². The van der Waals surface area contributed by atoms with E-state index in [1.165, 1.54) is 0 Å². The van der Waals surface area contributed by atoms with Gasteiger partial charge in [-0.2, -0.15) is 0 Å². The van der Waals surface area contributed by atoms with Crippen LogP contribution < -0.4 is 4.74 Å². The predicted molar refractivity (Wildman–Crippen MR) is 70.0 cm³/mol. The summed E-state index contributed by atoms with van der Waals surface area (Å²) in [5.74, 6) is -0.00752. The Morgan fingerprint density at radius 2 is 1.80 bits per heavy atom. The van der Waals surface area contributed by atoms with Crippen molar-refractivity contribution in [1.82, 2.24) is 0 Å². The minimum absolute atomic E-state index is 0.355. The quantitative estimate of drug-likeness (QED) is 0.318. The lowest BCUT2D eigenvalue weighted by Crippen LogP contribution is -2.09. The van der Waals surface area contributed by atoms with Crippen molar-refractivity contribution in [3.8, 4) is 5.75 Å². The molecule has 0 N–H and O–H groups in total. The molecule has 1 rings (SSSR count). The van der Waals surface area contributed by atoms with E-state index in [-0.39, 0.29) is 0 Å². The van der Waals surface area contributed by atoms with Crippen molar-refractivity contribution in [2.24, 2.45) is 0 Å². The SMILES string of the molecule is C=C(C)C(=O)Oc1c(Br)ccc(Br)c1Br. The molecule has 1 aromatic carbocycles. The molecule has 0 spiro atoms. The van der Waals surface area contributed by atoms with Gasteiger partial charge in [-0.05, 0) is 66.8 Å². The van der Waals surface area contributed by atoms with Crippen LogP contribution in [0.1, 0.15) is 6.92 Å². The van der Waals surface area contributed by atoms with Crippen molar-refractivity contribution in [2.45, 2.75) is 6.92 Å². The van der Waals surface area contributed by atoms with Crippen LogP contribution >= 0.6 is 47.8 Å². The third-order valence-corrected chi connectivity index (χ3v) is 4.15. The molecule has 0 aliphatic rings. The van der Waals surface area contributed by atoms with Crippen LogP contribution in [0.3, 0.4) is 0 Å². The molecule has 0 aliphatic heterocycles. The molecule has 0 atom stereocenters. The molecule has 1 aromatic rings. The summed E-state index contributed by atoms with van der Waals surface area (Å²) in [7, 11) is 0. The zero-order valence-electron chi connectivity index (χ0n) is 7.81. The molecule has 0 bridgehead atoms. The van der Waals surface area contributed by atoms with Crippen molar-refractivity contribution in [3.63, 3.8) is 0 Å². The summed E-state index contributed by atoms with van der Waals surface area (Å²) in [5.41, 5.74) is 0.355. The maximum atomic E-state index is 11.3. The maximum Gasteiger partial charge on any atom is 0.338 e. The summed E-state index contributed by atoms with van der Waals surface area (Å²) in [4.78, 5) is 11.3. The van der Waals surface area contributed by atoms with E-state index in [9.17, 15) is 4.79 Å². The number of halogens is 3. The van der Waals surface area contributed by atoms with Gasteiger partial charge in [0.2, 0.25) is 0 Å². The number of rotatable bonds is 2. The Labute approximate surface area is 113 Å². The van der Waals surface area contributed by atoms with Gasteiger partial charge in [0.15, 0.2) is 5.75 Å². The normalized spacial score (nSPS) is 9.87. The molecule has 80 valence electrons. The first-order chi connectivity index (χ1) is 6.93. The zero-order chi connectivity index (χ0) is 11.6. The highest BCUT2D eigenvalue weighted by molar-refractivity contribution is 9.13.